The van der Waals surface area contributed by atoms with Crippen molar-refractivity contribution in [2.45, 2.75) is 6.92 Å². The van der Waals surface area contributed by atoms with Crippen LogP contribution in [0.5, 0.6) is 11.5 Å². The van der Waals surface area contributed by atoms with E-state index < -0.39 is 5.91 Å². The molecule has 0 spiro atoms. The van der Waals surface area contributed by atoms with Gasteiger partial charge in [0.05, 0.1) is 19.9 Å². The molecule has 27 heavy (non-hydrogen) atoms. The average molecular weight is 365 g/mol. The zero-order valence-electron chi connectivity index (χ0n) is 15.2. The van der Waals surface area contributed by atoms with E-state index in [0.29, 0.717) is 28.4 Å². The normalized spacial score (nSPS) is 10.5. The number of ether oxygens (including phenoxy) is 2. The summed E-state index contributed by atoms with van der Waals surface area (Å²) in [6.07, 6.45) is 1.29. The molecule has 0 aliphatic heterocycles. The molecule has 2 rings (SSSR count). The first kappa shape index (κ1) is 19.5. The van der Waals surface area contributed by atoms with Gasteiger partial charge in [-0.1, -0.05) is 0 Å². The molecule has 0 heterocycles. The van der Waals surface area contributed by atoms with Crippen molar-refractivity contribution in [3.05, 3.63) is 59.8 Å². The van der Waals surface area contributed by atoms with Gasteiger partial charge in [0.25, 0.3) is 5.91 Å². The number of nitrogens with zero attached hydrogens (tertiary/aromatic N) is 1. The van der Waals surface area contributed by atoms with Gasteiger partial charge in [0.15, 0.2) is 5.78 Å². The molecule has 0 unspecified atom stereocenters. The van der Waals surface area contributed by atoms with Gasteiger partial charge in [0, 0.05) is 23.5 Å². The number of hydrogen-bond acceptors (Lipinski definition) is 6. The third-order valence-electron chi connectivity index (χ3n) is 3.69. The molecule has 1 amide bonds. The Labute approximate surface area is 157 Å². The zero-order chi connectivity index (χ0) is 19.8. The molecule has 2 aromatic carbocycles. The lowest BCUT2D eigenvalue weighted by Gasteiger charge is -2.10. The molecule has 0 aliphatic carbocycles. The second-order valence-electron chi connectivity index (χ2n) is 5.47. The fourth-order valence-electron chi connectivity index (χ4n) is 2.21. The summed E-state index contributed by atoms with van der Waals surface area (Å²) in [6, 6.07) is 13.4. The van der Waals surface area contributed by atoms with Crippen LogP contribution in [0.25, 0.3) is 0 Å². The van der Waals surface area contributed by atoms with Crippen LogP contribution >= 0.6 is 0 Å². The van der Waals surface area contributed by atoms with Crippen molar-refractivity contribution < 1.29 is 19.1 Å². The number of nitriles is 1. The maximum absolute atomic E-state index is 12.3. The van der Waals surface area contributed by atoms with E-state index in [1.54, 1.807) is 42.5 Å². The van der Waals surface area contributed by atoms with Crippen molar-refractivity contribution in [1.82, 2.24) is 0 Å². The molecule has 0 bridgehead atoms. The van der Waals surface area contributed by atoms with Crippen LogP contribution in [-0.4, -0.2) is 25.9 Å². The Hall–Kier alpha value is -3.79. The average Bonchev–Trinajstić information content (AvgIpc) is 2.68. The number of methoxy groups -OCH3 is 2. The second kappa shape index (κ2) is 9.06. The minimum atomic E-state index is -0.581. The Bertz CT molecular complexity index is 912. The van der Waals surface area contributed by atoms with Gasteiger partial charge in [0.1, 0.15) is 23.1 Å². The van der Waals surface area contributed by atoms with Gasteiger partial charge in [-0.25, -0.2) is 0 Å². The first-order chi connectivity index (χ1) is 13.0. The van der Waals surface area contributed by atoms with E-state index in [1.165, 1.54) is 27.3 Å². The fraction of sp³-hybridized carbons (Fsp3) is 0.150. The van der Waals surface area contributed by atoms with E-state index in [9.17, 15) is 14.9 Å². The SMILES string of the molecule is COc1ccc(OC)c(N/C=C(/C#N)C(=O)Nc2ccc(C(C)=O)cc2)c1. The lowest BCUT2D eigenvalue weighted by molar-refractivity contribution is -0.112. The molecule has 0 aliphatic rings. The van der Waals surface area contributed by atoms with Gasteiger partial charge in [-0.3, -0.25) is 9.59 Å². The Kier molecular flexibility index (Phi) is 6.55. The van der Waals surface area contributed by atoms with Gasteiger partial charge in [-0.05, 0) is 43.3 Å². The van der Waals surface area contributed by atoms with Crippen LogP contribution in [-0.2, 0) is 4.79 Å². The summed E-state index contributed by atoms with van der Waals surface area (Å²) in [4.78, 5) is 23.6. The number of rotatable bonds is 7. The van der Waals surface area contributed by atoms with Gasteiger partial charge in [-0.2, -0.15) is 5.26 Å². The topological polar surface area (TPSA) is 100 Å². The third-order valence-corrected chi connectivity index (χ3v) is 3.69. The number of Topliss-reactive ketones (excluding diaryl/α,β-unsaturated/α-hetero) is 1. The largest absolute Gasteiger partial charge is 0.497 e. The smallest absolute Gasteiger partial charge is 0.267 e. The van der Waals surface area contributed by atoms with E-state index >= 15 is 0 Å². The quantitative estimate of drug-likeness (QED) is 0.443. The highest BCUT2D eigenvalue weighted by molar-refractivity contribution is 6.07. The van der Waals surface area contributed by atoms with E-state index in [-0.39, 0.29) is 11.4 Å². The molecule has 138 valence electrons. The molecule has 0 radical (unpaired) electrons. The third kappa shape index (κ3) is 5.09. The van der Waals surface area contributed by atoms with Crippen LogP contribution in [0.3, 0.4) is 0 Å². The van der Waals surface area contributed by atoms with Crippen molar-refractivity contribution in [3.8, 4) is 17.6 Å². The van der Waals surface area contributed by atoms with Crippen LogP contribution in [0.15, 0.2) is 54.2 Å². The summed E-state index contributed by atoms with van der Waals surface area (Å²) < 4.78 is 10.4. The maximum Gasteiger partial charge on any atom is 0.267 e. The Morgan fingerprint density at radius 1 is 1.07 bits per heavy atom. The summed E-state index contributed by atoms with van der Waals surface area (Å²) in [5, 5.41) is 14.8. The van der Waals surface area contributed by atoms with Crippen LogP contribution in [0.2, 0.25) is 0 Å². The minimum Gasteiger partial charge on any atom is -0.497 e. The van der Waals surface area contributed by atoms with E-state index in [0.717, 1.165) is 0 Å². The van der Waals surface area contributed by atoms with Crippen molar-refractivity contribution in [1.29, 1.82) is 5.26 Å². The van der Waals surface area contributed by atoms with E-state index in [4.69, 9.17) is 9.47 Å². The molecule has 2 aromatic rings. The summed E-state index contributed by atoms with van der Waals surface area (Å²) >= 11 is 0. The lowest BCUT2D eigenvalue weighted by Crippen LogP contribution is -2.14. The van der Waals surface area contributed by atoms with Crippen molar-refractivity contribution >= 4 is 23.1 Å². The monoisotopic (exact) mass is 365 g/mol. The van der Waals surface area contributed by atoms with Crippen LogP contribution in [0.1, 0.15) is 17.3 Å². The number of hydrogen-bond donors (Lipinski definition) is 2. The van der Waals surface area contributed by atoms with Crippen LogP contribution in [0.4, 0.5) is 11.4 Å². The lowest BCUT2D eigenvalue weighted by atomic mass is 10.1. The number of amides is 1. The molecule has 0 saturated heterocycles. The highest BCUT2D eigenvalue weighted by atomic mass is 16.5. The van der Waals surface area contributed by atoms with Crippen LogP contribution in [0, 0.1) is 11.3 Å². The number of benzene rings is 2. The van der Waals surface area contributed by atoms with E-state index in [2.05, 4.69) is 10.6 Å². The number of ketones is 1. The fourth-order valence-corrected chi connectivity index (χ4v) is 2.21. The molecular weight excluding hydrogens is 346 g/mol. The number of carbonyl (C=O) groups excluding carboxylic acids is 2. The summed E-state index contributed by atoms with van der Waals surface area (Å²) in [7, 11) is 3.05. The highest BCUT2D eigenvalue weighted by Crippen LogP contribution is 2.29. The summed E-state index contributed by atoms with van der Waals surface area (Å²) in [5.41, 5.74) is 1.43. The minimum absolute atomic E-state index is 0.0677. The predicted octanol–water partition coefficient (Wildman–Crippen LogP) is 3.36. The number of nitrogens with one attached hydrogen (secondary N) is 2. The molecule has 0 saturated carbocycles. The first-order valence-electron chi connectivity index (χ1n) is 7.99. The standard InChI is InChI=1S/C20H19N3O4/c1-13(24)14-4-6-16(7-5-14)23-20(25)15(11-21)12-22-18-10-17(26-2)8-9-19(18)27-3/h4-10,12,22H,1-3H3,(H,23,25)/b15-12-. The van der Waals surface area contributed by atoms with Gasteiger partial charge in [-0.15, -0.1) is 0 Å². The Balaban J connectivity index is 2.15. The van der Waals surface area contributed by atoms with Crippen molar-refractivity contribution in [3.63, 3.8) is 0 Å². The molecule has 7 heteroatoms. The molecule has 2 N–H and O–H groups in total. The molecule has 7 nitrogen and oxygen atoms in total. The first-order valence-corrected chi connectivity index (χ1v) is 7.99. The van der Waals surface area contributed by atoms with Crippen molar-refractivity contribution in [2.24, 2.45) is 0 Å². The predicted molar refractivity (Wildman–Crippen MR) is 102 cm³/mol. The van der Waals surface area contributed by atoms with Crippen molar-refractivity contribution in [2.75, 3.05) is 24.9 Å². The zero-order valence-corrected chi connectivity index (χ0v) is 15.2. The Morgan fingerprint density at radius 3 is 2.33 bits per heavy atom. The number of carbonyl (C=O) groups is 2. The summed E-state index contributed by atoms with van der Waals surface area (Å²) in [5.74, 6) is 0.481. The van der Waals surface area contributed by atoms with Gasteiger partial charge < -0.3 is 20.1 Å². The summed E-state index contributed by atoms with van der Waals surface area (Å²) in [6.45, 7) is 1.46. The molecule has 0 fully saturated rings. The molecular formula is C20H19N3O4. The Morgan fingerprint density at radius 2 is 1.78 bits per heavy atom. The second-order valence-corrected chi connectivity index (χ2v) is 5.47. The molecule has 0 aromatic heterocycles. The van der Waals surface area contributed by atoms with Crippen LogP contribution < -0.4 is 20.1 Å². The molecule has 0 atom stereocenters. The van der Waals surface area contributed by atoms with Gasteiger partial charge in [0.2, 0.25) is 0 Å². The van der Waals surface area contributed by atoms with Gasteiger partial charge >= 0.3 is 0 Å². The number of anilines is 2. The highest BCUT2D eigenvalue weighted by Gasteiger charge is 2.11. The van der Waals surface area contributed by atoms with E-state index in [1.807, 2.05) is 6.07 Å². The maximum atomic E-state index is 12.3.